The number of hydrogen-bond acceptors (Lipinski definition) is 4. The van der Waals surface area contributed by atoms with Gasteiger partial charge in [-0.3, -0.25) is 10.2 Å². The van der Waals surface area contributed by atoms with E-state index in [9.17, 15) is 0 Å². The number of fused-ring (bicyclic) bond motifs is 3. The summed E-state index contributed by atoms with van der Waals surface area (Å²) in [5.74, 6) is 0.675. The molecule has 3 heterocycles. The lowest BCUT2D eigenvalue weighted by atomic mass is 10.1. The first-order chi connectivity index (χ1) is 14.9. The van der Waals surface area contributed by atoms with Gasteiger partial charge in [-0.15, -0.1) is 0 Å². The maximum atomic E-state index is 6.58. The van der Waals surface area contributed by atoms with E-state index in [2.05, 4.69) is 20.4 Å². The molecule has 1 unspecified atom stereocenters. The van der Waals surface area contributed by atoms with E-state index in [4.69, 9.17) is 32.9 Å². The molecular formula is C23H19Cl2N5O. The Bertz CT molecular complexity index is 1440. The lowest BCUT2D eigenvalue weighted by molar-refractivity contribution is 0.230. The van der Waals surface area contributed by atoms with Crippen molar-refractivity contribution in [3.05, 3.63) is 69.6 Å². The van der Waals surface area contributed by atoms with Crippen LogP contribution in [-0.2, 0) is 0 Å². The molecule has 31 heavy (non-hydrogen) atoms. The Kier molecular flexibility index (Phi) is 4.84. The fourth-order valence-electron chi connectivity index (χ4n) is 3.86. The van der Waals surface area contributed by atoms with Gasteiger partial charge in [0.05, 0.1) is 39.5 Å². The predicted octanol–water partition coefficient (Wildman–Crippen LogP) is 6.56. The molecule has 0 aliphatic carbocycles. The molecule has 6 nitrogen and oxygen atoms in total. The molecule has 2 aromatic carbocycles. The van der Waals surface area contributed by atoms with Gasteiger partial charge in [0, 0.05) is 33.3 Å². The van der Waals surface area contributed by atoms with Crippen LogP contribution in [-0.4, -0.2) is 25.4 Å². The highest BCUT2D eigenvalue weighted by Crippen LogP contribution is 2.40. The number of hydrogen-bond donors (Lipinski definition) is 2. The van der Waals surface area contributed by atoms with E-state index in [-0.39, 0.29) is 6.10 Å². The highest BCUT2D eigenvalue weighted by Gasteiger charge is 2.21. The molecule has 8 heteroatoms. The topological polar surface area (TPSA) is 79.5 Å². The minimum absolute atomic E-state index is 0.383. The van der Waals surface area contributed by atoms with Crippen LogP contribution < -0.4 is 4.74 Å². The van der Waals surface area contributed by atoms with Crippen LogP contribution in [0, 0.1) is 13.8 Å². The highest BCUT2D eigenvalue weighted by atomic mass is 35.5. The predicted molar refractivity (Wildman–Crippen MR) is 124 cm³/mol. The number of nitrogens with zero attached hydrogens (tertiary/aromatic N) is 3. The molecule has 0 saturated heterocycles. The molecule has 2 N–H and O–H groups in total. The SMILES string of the molecule is Cc1ccc(Cl)c(C(C)Oc2cc(-c3cn[nH]c3C)nc3ccc4[nH]ncc4c23)c1Cl. The normalized spacial score (nSPS) is 12.5. The second kappa shape index (κ2) is 7.55. The number of aryl methyl sites for hydroxylation is 2. The van der Waals surface area contributed by atoms with E-state index in [0.717, 1.165) is 49.9 Å². The van der Waals surface area contributed by atoms with E-state index in [1.807, 2.05) is 51.1 Å². The Morgan fingerprint density at radius 2 is 1.81 bits per heavy atom. The van der Waals surface area contributed by atoms with Gasteiger partial charge in [-0.05, 0) is 44.5 Å². The molecular weight excluding hydrogens is 433 g/mol. The summed E-state index contributed by atoms with van der Waals surface area (Å²) in [6, 6.07) is 9.60. The number of pyridine rings is 1. The zero-order valence-electron chi connectivity index (χ0n) is 17.1. The van der Waals surface area contributed by atoms with Gasteiger partial charge in [0.1, 0.15) is 11.9 Å². The van der Waals surface area contributed by atoms with Gasteiger partial charge in [0.2, 0.25) is 0 Å². The highest BCUT2D eigenvalue weighted by molar-refractivity contribution is 6.36. The molecule has 156 valence electrons. The number of halogens is 2. The Morgan fingerprint density at radius 1 is 1.00 bits per heavy atom. The van der Waals surface area contributed by atoms with Crippen LogP contribution in [0.5, 0.6) is 5.75 Å². The number of ether oxygens (including phenoxy) is 1. The number of rotatable bonds is 4. The average molecular weight is 452 g/mol. The minimum atomic E-state index is -0.383. The molecule has 0 radical (unpaired) electrons. The zero-order chi connectivity index (χ0) is 21.7. The second-order valence-corrected chi connectivity index (χ2v) is 8.34. The number of H-pyrrole nitrogens is 2. The van der Waals surface area contributed by atoms with Crippen molar-refractivity contribution >= 4 is 45.0 Å². The van der Waals surface area contributed by atoms with Crippen LogP contribution in [0.25, 0.3) is 33.1 Å². The smallest absolute Gasteiger partial charge is 0.132 e. The summed E-state index contributed by atoms with van der Waals surface area (Å²) >= 11 is 13.1. The summed E-state index contributed by atoms with van der Waals surface area (Å²) in [4.78, 5) is 4.86. The van der Waals surface area contributed by atoms with Crippen LogP contribution in [0.1, 0.15) is 29.8 Å². The van der Waals surface area contributed by atoms with Crippen molar-refractivity contribution in [2.75, 3.05) is 0 Å². The first-order valence-corrected chi connectivity index (χ1v) is 10.6. The summed E-state index contributed by atoms with van der Waals surface area (Å²) in [7, 11) is 0. The van der Waals surface area contributed by atoms with Crippen molar-refractivity contribution in [1.82, 2.24) is 25.4 Å². The second-order valence-electron chi connectivity index (χ2n) is 7.56. The Labute approximate surface area is 188 Å². The van der Waals surface area contributed by atoms with Crippen molar-refractivity contribution in [2.45, 2.75) is 26.9 Å². The lowest BCUT2D eigenvalue weighted by Crippen LogP contribution is -2.06. The Morgan fingerprint density at radius 3 is 2.58 bits per heavy atom. The first kappa shape index (κ1) is 19.8. The minimum Gasteiger partial charge on any atom is -0.485 e. The molecule has 0 fully saturated rings. The first-order valence-electron chi connectivity index (χ1n) is 9.82. The Hall–Kier alpha value is -3.09. The third kappa shape index (κ3) is 3.32. The van der Waals surface area contributed by atoms with Crippen LogP contribution in [0.2, 0.25) is 10.0 Å². The summed E-state index contributed by atoms with van der Waals surface area (Å²) in [5.41, 5.74) is 6.03. The van der Waals surface area contributed by atoms with Crippen molar-refractivity contribution < 1.29 is 4.74 Å². The molecule has 0 saturated carbocycles. The third-order valence-electron chi connectivity index (χ3n) is 5.49. The van der Waals surface area contributed by atoms with Crippen molar-refractivity contribution in [3.8, 4) is 17.0 Å². The van der Waals surface area contributed by atoms with Gasteiger partial charge in [0.25, 0.3) is 0 Å². The van der Waals surface area contributed by atoms with Gasteiger partial charge in [-0.25, -0.2) is 4.98 Å². The van der Waals surface area contributed by atoms with Crippen LogP contribution in [0.4, 0.5) is 0 Å². The molecule has 0 bridgehead atoms. The maximum Gasteiger partial charge on any atom is 0.132 e. The molecule has 1 atom stereocenters. The Balaban J connectivity index is 1.72. The molecule has 5 aromatic rings. The number of nitrogens with one attached hydrogen (secondary N) is 2. The summed E-state index contributed by atoms with van der Waals surface area (Å²) in [6.45, 7) is 5.85. The van der Waals surface area contributed by atoms with Crippen molar-refractivity contribution in [1.29, 1.82) is 0 Å². The number of benzene rings is 2. The summed E-state index contributed by atoms with van der Waals surface area (Å²) in [6.07, 6.45) is 3.17. The van der Waals surface area contributed by atoms with Crippen LogP contribution >= 0.6 is 23.2 Å². The number of aromatic nitrogens is 5. The molecule has 3 aromatic heterocycles. The number of aromatic amines is 2. The van der Waals surface area contributed by atoms with Crippen molar-refractivity contribution in [2.24, 2.45) is 0 Å². The summed E-state index contributed by atoms with van der Waals surface area (Å²) in [5, 5.41) is 17.3. The fraction of sp³-hybridized carbons (Fsp3) is 0.174. The zero-order valence-corrected chi connectivity index (χ0v) is 18.6. The lowest BCUT2D eigenvalue weighted by Gasteiger charge is -2.20. The molecule has 0 amide bonds. The van der Waals surface area contributed by atoms with E-state index in [0.29, 0.717) is 15.8 Å². The monoisotopic (exact) mass is 451 g/mol. The van der Waals surface area contributed by atoms with Gasteiger partial charge in [-0.1, -0.05) is 29.3 Å². The van der Waals surface area contributed by atoms with Crippen LogP contribution in [0.15, 0.2) is 42.7 Å². The van der Waals surface area contributed by atoms with Gasteiger partial charge >= 0.3 is 0 Å². The quantitative estimate of drug-likeness (QED) is 0.324. The largest absolute Gasteiger partial charge is 0.485 e. The molecule has 5 rings (SSSR count). The average Bonchev–Trinajstić information content (AvgIpc) is 3.39. The standard InChI is InChI=1S/C23H19Cl2N5O/c1-11-4-5-16(24)21(23(11)25)13(3)31-20-8-19(14-9-26-29-12(14)2)28-18-7-6-17-15(22(18)20)10-27-30-17/h4-10,13H,1-3H3,(H,26,29)(H,27,30). The molecule has 0 spiro atoms. The van der Waals surface area contributed by atoms with E-state index in [1.165, 1.54) is 0 Å². The summed E-state index contributed by atoms with van der Waals surface area (Å²) < 4.78 is 6.51. The van der Waals surface area contributed by atoms with Crippen LogP contribution in [0.3, 0.4) is 0 Å². The fourth-order valence-corrected chi connectivity index (χ4v) is 4.53. The molecule has 0 aliphatic rings. The van der Waals surface area contributed by atoms with Gasteiger partial charge in [-0.2, -0.15) is 10.2 Å². The van der Waals surface area contributed by atoms with Gasteiger partial charge in [0.15, 0.2) is 0 Å². The van der Waals surface area contributed by atoms with E-state index in [1.54, 1.807) is 12.4 Å². The molecule has 0 aliphatic heterocycles. The maximum absolute atomic E-state index is 6.58. The van der Waals surface area contributed by atoms with Crippen molar-refractivity contribution in [3.63, 3.8) is 0 Å². The van der Waals surface area contributed by atoms with E-state index >= 15 is 0 Å². The van der Waals surface area contributed by atoms with Gasteiger partial charge < -0.3 is 4.74 Å². The third-order valence-corrected chi connectivity index (χ3v) is 6.32. The van der Waals surface area contributed by atoms with E-state index < -0.39 is 0 Å².